The van der Waals surface area contributed by atoms with Crippen molar-refractivity contribution in [2.45, 2.75) is 61.3 Å². The molecule has 0 aliphatic carbocycles. The molecular formula is C20H34N2. The summed E-state index contributed by atoms with van der Waals surface area (Å²) in [5.41, 5.74) is 5.75. The molecule has 1 aromatic heterocycles. The normalized spacial score (nSPS) is 9.68. The zero-order valence-corrected chi connectivity index (χ0v) is 15.8. The van der Waals surface area contributed by atoms with Crippen molar-refractivity contribution in [2.75, 3.05) is 0 Å². The van der Waals surface area contributed by atoms with Gasteiger partial charge in [0, 0.05) is 13.2 Å². The molecule has 0 bridgehead atoms. The number of aromatic nitrogens is 2. The highest BCUT2D eigenvalue weighted by molar-refractivity contribution is 5.34. The molecule has 0 fully saturated rings. The molecule has 22 heavy (non-hydrogen) atoms. The third-order valence-electron chi connectivity index (χ3n) is 3.33. The maximum Gasteiger partial charge on any atom is 0.0518 e. The topological polar surface area (TPSA) is 17.8 Å². The lowest BCUT2D eigenvalue weighted by Crippen LogP contribution is -2.01. The zero-order chi connectivity index (χ0) is 17.1. The van der Waals surface area contributed by atoms with Crippen molar-refractivity contribution in [3.8, 4) is 0 Å². The highest BCUT2D eigenvalue weighted by Crippen LogP contribution is 2.18. The van der Waals surface area contributed by atoms with E-state index >= 15 is 0 Å². The Labute approximate surface area is 137 Å². The van der Waals surface area contributed by atoms with E-state index in [1.807, 2.05) is 40.2 Å². The Morgan fingerprint density at radius 1 is 1.14 bits per heavy atom. The van der Waals surface area contributed by atoms with Gasteiger partial charge in [-0.1, -0.05) is 52.8 Å². The van der Waals surface area contributed by atoms with Gasteiger partial charge in [0.2, 0.25) is 0 Å². The van der Waals surface area contributed by atoms with E-state index in [0.29, 0.717) is 0 Å². The van der Waals surface area contributed by atoms with Crippen LogP contribution in [0.3, 0.4) is 0 Å². The third kappa shape index (κ3) is 7.44. The van der Waals surface area contributed by atoms with Gasteiger partial charge in [0.15, 0.2) is 0 Å². The fourth-order valence-electron chi connectivity index (χ4n) is 2.34. The first-order valence-corrected chi connectivity index (χ1v) is 8.46. The van der Waals surface area contributed by atoms with Crippen molar-refractivity contribution in [1.82, 2.24) is 9.78 Å². The molecule has 0 aliphatic heterocycles. The van der Waals surface area contributed by atoms with Crippen LogP contribution >= 0.6 is 0 Å². The maximum absolute atomic E-state index is 3.93. The van der Waals surface area contributed by atoms with E-state index in [1.165, 1.54) is 23.1 Å². The predicted molar refractivity (Wildman–Crippen MR) is 98.4 cm³/mol. The van der Waals surface area contributed by atoms with Gasteiger partial charge in [0.25, 0.3) is 0 Å². The first-order chi connectivity index (χ1) is 10.4. The van der Waals surface area contributed by atoms with Crippen LogP contribution < -0.4 is 0 Å². The molecule has 0 radical (unpaired) electrons. The van der Waals surface area contributed by atoms with E-state index in [9.17, 15) is 0 Å². The molecule has 0 spiro atoms. The van der Waals surface area contributed by atoms with Crippen LogP contribution in [0.2, 0.25) is 0 Å². The molecule has 0 saturated heterocycles. The minimum atomic E-state index is 0.756. The molecule has 1 heterocycles. The molecule has 0 N–H and O–H groups in total. The van der Waals surface area contributed by atoms with Crippen LogP contribution in [-0.2, 0) is 19.9 Å². The van der Waals surface area contributed by atoms with Crippen LogP contribution in [0.15, 0.2) is 30.6 Å². The van der Waals surface area contributed by atoms with Gasteiger partial charge in [-0.05, 0) is 54.9 Å². The van der Waals surface area contributed by atoms with E-state index < -0.39 is 0 Å². The second kappa shape index (κ2) is 11.1. The van der Waals surface area contributed by atoms with Crippen LogP contribution in [-0.4, -0.2) is 9.78 Å². The van der Waals surface area contributed by atoms with Crippen LogP contribution in [0.1, 0.15) is 56.9 Å². The third-order valence-corrected chi connectivity index (χ3v) is 3.33. The first kappa shape index (κ1) is 20.4. The molecule has 2 heteroatoms. The van der Waals surface area contributed by atoms with Gasteiger partial charge < -0.3 is 0 Å². The Hall–Kier alpha value is -1.57. The molecule has 1 aromatic carbocycles. The summed E-state index contributed by atoms with van der Waals surface area (Å²) in [7, 11) is 1.91. The lowest BCUT2D eigenvalue weighted by atomic mass is 9.93. The summed E-state index contributed by atoms with van der Waals surface area (Å²) in [5.74, 6) is 0.756. The lowest BCUT2D eigenvalue weighted by molar-refractivity contribution is 0.640. The largest absolute Gasteiger partial charge is 0.276 e. The summed E-state index contributed by atoms with van der Waals surface area (Å²) in [6, 6.07) is 6.64. The smallest absolute Gasteiger partial charge is 0.0518 e. The van der Waals surface area contributed by atoms with Gasteiger partial charge in [0.1, 0.15) is 0 Å². The van der Waals surface area contributed by atoms with E-state index in [1.54, 1.807) is 10.2 Å². The SMILES string of the molecule is CC.CCc1cccc(C)c1CC(C)C.Cc1cnn(C)c1. The van der Waals surface area contributed by atoms with Gasteiger partial charge >= 0.3 is 0 Å². The Bertz CT molecular complexity index is 508. The number of hydrogen-bond donors (Lipinski definition) is 0. The molecule has 2 aromatic rings. The summed E-state index contributed by atoms with van der Waals surface area (Å²) >= 11 is 0. The first-order valence-electron chi connectivity index (χ1n) is 8.46. The standard InChI is InChI=1S/C13H20.C5H8N2.C2H6/c1-5-12-8-6-7-11(4)13(12)9-10(2)3;1-5-3-6-7(2)4-5;1-2/h6-8,10H,5,9H2,1-4H3;3-4H,1-2H3;1-2H3. The van der Waals surface area contributed by atoms with Gasteiger partial charge in [-0.15, -0.1) is 0 Å². The lowest BCUT2D eigenvalue weighted by Gasteiger charge is -2.13. The molecule has 0 atom stereocenters. The number of benzene rings is 1. The minimum Gasteiger partial charge on any atom is -0.276 e. The van der Waals surface area contributed by atoms with E-state index in [-0.39, 0.29) is 0 Å². The van der Waals surface area contributed by atoms with Gasteiger partial charge in [-0.2, -0.15) is 5.10 Å². The summed E-state index contributed by atoms with van der Waals surface area (Å²) in [4.78, 5) is 0. The Balaban J connectivity index is 0.000000412. The van der Waals surface area contributed by atoms with Crippen molar-refractivity contribution in [1.29, 1.82) is 0 Å². The Morgan fingerprint density at radius 2 is 1.77 bits per heavy atom. The number of aryl methyl sites for hydroxylation is 4. The molecule has 0 saturated carbocycles. The monoisotopic (exact) mass is 302 g/mol. The van der Waals surface area contributed by atoms with Gasteiger partial charge in [-0.25, -0.2) is 0 Å². The average Bonchev–Trinajstić information content (AvgIpc) is 2.87. The molecule has 0 aliphatic rings. The van der Waals surface area contributed by atoms with Crippen molar-refractivity contribution < 1.29 is 0 Å². The highest BCUT2D eigenvalue weighted by atomic mass is 15.2. The van der Waals surface area contributed by atoms with Crippen LogP contribution in [0.5, 0.6) is 0 Å². The quantitative estimate of drug-likeness (QED) is 0.731. The number of hydrogen-bond acceptors (Lipinski definition) is 1. The van der Waals surface area contributed by atoms with E-state index in [2.05, 4.69) is 51.0 Å². The molecule has 0 amide bonds. The molecular weight excluding hydrogens is 268 g/mol. The van der Waals surface area contributed by atoms with Crippen molar-refractivity contribution >= 4 is 0 Å². The molecule has 124 valence electrons. The van der Waals surface area contributed by atoms with Gasteiger partial charge in [0.05, 0.1) is 6.20 Å². The Morgan fingerprint density at radius 3 is 2.14 bits per heavy atom. The summed E-state index contributed by atoms with van der Waals surface area (Å²) < 4.78 is 1.79. The Kier molecular flexibility index (Phi) is 10.3. The second-order valence-electron chi connectivity index (χ2n) is 5.86. The molecule has 2 nitrogen and oxygen atoms in total. The second-order valence-corrected chi connectivity index (χ2v) is 5.86. The summed E-state index contributed by atoms with van der Waals surface area (Å²) in [6.45, 7) is 15.0. The summed E-state index contributed by atoms with van der Waals surface area (Å²) in [6.07, 6.45) is 6.18. The minimum absolute atomic E-state index is 0.756. The van der Waals surface area contributed by atoms with E-state index in [0.717, 1.165) is 12.3 Å². The average molecular weight is 303 g/mol. The summed E-state index contributed by atoms with van der Waals surface area (Å²) in [5, 5.41) is 3.93. The maximum atomic E-state index is 3.93. The fraction of sp³-hybridized carbons (Fsp3) is 0.550. The number of rotatable bonds is 3. The van der Waals surface area contributed by atoms with Crippen LogP contribution in [0, 0.1) is 19.8 Å². The highest BCUT2D eigenvalue weighted by Gasteiger charge is 2.05. The van der Waals surface area contributed by atoms with Crippen molar-refractivity contribution in [3.63, 3.8) is 0 Å². The zero-order valence-electron chi connectivity index (χ0n) is 15.8. The van der Waals surface area contributed by atoms with Crippen molar-refractivity contribution in [2.24, 2.45) is 13.0 Å². The van der Waals surface area contributed by atoms with E-state index in [4.69, 9.17) is 0 Å². The fourth-order valence-corrected chi connectivity index (χ4v) is 2.34. The number of nitrogens with zero attached hydrogens (tertiary/aromatic N) is 2. The van der Waals surface area contributed by atoms with Crippen LogP contribution in [0.4, 0.5) is 0 Å². The predicted octanol–water partition coefficient (Wildman–Crippen LogP) is 5.51. The van der Waals surface area contributed by atoms with Crippen molar-refractivity contribution in [3.05, 3.63) is 52.8 Å². The molecule has 2 rings (SSSR count). The molecule has 0 unspecified atom stereocenters. The van der Waals surface area contributed by atoms with Gasteiger partial charge in [-0.3, -0.25) is 4.68 Å². The van der Waals surface area contributed by atoms with Crippen LogP contribution in [0.25, 0.3) is 0 Å².